The number of aromatic nitrogens is 1. The zero-order valence-electron chi connectivity index (χ0n) is 13.7. The van der Waals surface area contributed by atoms with Gasteiger partial charge in [-0.15, -0.1) is 0 Å². The lowest BCUT2D eigenvalue weighted by Crippen LogP contribution is -2.11. The van der Waals surface area contributed by atoms with Crippen LogP contribution in [0, 0.1) is 6.92 Å². The van der Waals surface area contributed by atoms with Crippen LogP contribution in [0.25, 0.3) is 21.9 Å². The molecule has 0 spiro atoms. The predicted molar refractivity (Wildman–Crippen MR) is 95.1 cm³/mol. The molecule has 0 aliphatic carbocycles. The minimum absolute atomic E-state index is 0.0908. The summed E-state index contributed by atoms with van der Waals surface area (Å²) in [5, 5.41) is 1.60. The van der Waals surface area contributed by atoms with E-state index in [9.17, 15) is 4.79 Å². The number of nitrogens with one attached hydrogen (secondary N) is 1. The first-order valence-electron chi connectivity index (χ1n) is 7.98. The minimum Gasteiger partial charge on any atom is -0.491 e. The normalized spacial score (nSPS) is 12.3. The lowest BCUT2D eigenvalue weighted by atomic mass is 9.97. The molecule has 0 amide bonds. The molecule has 1 aromatic heterocycles. The Morgan fingerprint density at radius 3 is 2.61 bits per heavy atom. The van der Waals surface area contributed by atoms with Gasteiger partial charge in [0.25, 0.3) is 5.56 Å². The van der Waals surface area contributed by atoms with Crippen molar-refractivity contribution in [1.82, 2.24) is 4.98 Å². The van der Waals surface area contributed by atoms with Gasteiger partial charge in [0.15, 0.2) is 0 Å². The van der Waals surface area contributed by atoms with E-state index in [1.165, 1.54) is 5.56 Å². The summed E-state index contributed by atoms with van der Waals surface area (Å²) in [6, 6.07) is 13.9. The van der Waals surface area contributed by atoms with Crippen LogP contribution >= 0.6 is 0 Å². The summed E-state index contributed by atoms with van der Waals surface area (Å²) in [4.78, 5) is 15.1. The zero-order chi connectivity index (χ0) is 16.4. The first kappa shape index (κ1) is 15.3. The molecular weight excluding hydrogens is 286 g/mol. The van der Waals surface area contributed by atoms with Gasteiger partial charge in [-0.2, -0.15) is 0 Å². The zero-order valence-corrected chi connectivity index (χ0v) is 13.7. The number of fused-ring (bicyclic) bond motifs is 1. The van der Waals surface area contributed by atoms with Gasteiger partial charge in [-0.25, -0.2) is 0 Å². The third-order valence-corrected chi connectivity index (χ3v) is 4.22. The molecule has 0 saturated heterocycles. The second kappa shape index (κ2) is 6.29. The van der Waals surface area contributed by atoms with Crippen LogP contribution in [0.4, 0.5) is 0 Å². The first-order chi connectivity index (χ1) is 11.1. The van der Waals surface area contributed by atoms with E-state index in [0.717, 1.165) is 28.7 Å². The fourth-order valence-electron chi connectivity index (χ4n) is 2.73. The standard InChI is InChI=1S/C20H21NO2/c1-4-14(3)23-15-9-10-17-18(11-15)20(22)21-12-19(17)16-8-6-5-7-13(16)2/h5-12,14H,4H2,1-3H3,(H,21,22). The Balaban J connectivity index is 2.17. The van der Waals surface area contributed by atoms with Crippen molar-refractivity contribution in [2.75, 3.05) is 0 Å². The molecule has 1 atom stereocenters. The van der Waals surface area contributed by atoms with Crippen molar-refractivity contribution in [2.24, 2.45) is 0 Å². The number of hydrogen-bond acceptors (Lipinski definition) is 2. The topological polar surface area (TPSA) is 42.1 Å². The summed E-state index contributed by atoms with van der Waals surface area (Å²) in [5.41, 5.74) is 3.25. The first-order valence-corrected chi connectivity index (χ1v) is 7.98. The average Bonchev–Trinajstić information content (AvgIpc) is 2.56. The predicted octanol–water partition coefficient (Wildman–Crippen LogP) is 4.68. The molecule has 0 fully saturated rings. The van der Waals surface area contributed by atoms with Gasteiger partial charge in [-0.1, -0.05) is 31.2 Å². The van der Waals surface area contributed by atoms with Gasteiger partial charge in [0, 0.05) is 11.8 Å². The summed E-state index contributed by atoms with van der Waals surface area (Å²) in [5.74, 6) is 0.735. The molecule has 3 heteroatoms. The van der Waals surface area contributed by atoms with Crippen LogP contribution in [-0.2, 0) is 0 Å². The molecule has 3 aromatic rings. The molecule has 1 N–H and O–H groups in total. The second-order valence-corrected chi connectivity index (χ2v) is 5.89. The van der Waals surface area contributed by atoms with Crippen molar-refractivity contribution in [2.45, 2.75) is 33.3 Å². The monoisotopic (exact) mass is 307 g/mol. The van der Waals surface area contributed by atoms with Gasteiger partial charge < -0.3 is 9.72 Å². The number of H-pyrrole nitrogens is 1. The summed E-state index contributed by atoms with van der Waals surface area (Å²) in [6.07, 6.45) is 2.85. The number of aryl methyl sites for hydroxylation is 1. The van der Waals surface area contributed by atoms with E-state index in [1.807, 2.05) is 37.3 Å². The number of ether oxygens (including phenoxy) is 1. The maximum absolute atomic E-state index is 12.2. The maximum atomic E-state index is 12.2. The Morgan fingerprint density at radius 1 is 1.09 bits per heavy atom. The molecule has 118 valence electrons. The van der Waals surface area contributed by atoms with E-state index in [-0.39, 0.29) is 11.7 Å². The lowest BCUT2D eigenvalue weighted by molar-refractivity contribution is 0.218. The van der Waals surface area contributed by atoms with Crippen LogP contribution in [0.3, 0.4) is 0 Å². The molecule has 0 saturated carbocycles. The van der Waals surface area contributed by atoms with Gasteiger partial charge in [0.1, 0.15) is 5.75 Å². The molecule has 2 aromatic carbocycles. The maximum Gasteiger partial charge on any atom is 0.255 e. The van der Waals surface area contributed by atoms with E-state index < -0.39 is 0 Å². The molecular formula is C20H21NO2. The van der Waals surface area contributed by atoms with Crippen molar-refractivity contribution >= 4 is 10.8 Å². The molecule has 0 aliphatic rings. The van der Waals surface area contributed by atoms with Crippen molar-refractivity contribution in [3.05, 3.63) is 64.6 Å². The summed E-state index contributed by atoms with van der Waals surface area (Å²) in [6.45, 7) is 6.18. The molecule has 23 heavy (non-hydrogen) atoms. The number of benzene rings is 2. The van der Waals surface area contributed by atoms with E-state index in [1.54, 1.807) is 6.20 Å². The number of rotatable bonds is 4. The molecule has 1 unspecified atom stereocenters. The quantitative estimate of drug-likeness (QED) is 0.760. The second-order valence-electron chi connectivity index (χ2n) is 5.89. The van der Waals surface area contributed by atoms with Gasteiger partial charge in [0.05, 0.1) is 11.5 Å². The fourth-order valence-corrected chi connectivity index (χ4v) is 2.73. The molecule has 0 radical (unpaired) electrons. The molecule has 3 rings (SSSR count). The minimum atomic E-state index is -0.0908. The Bertz CT molecular complexity index is 896. The van der Waals surface area contributed by atoms with Crippen LogP contribution in [0.1, 0.15) is 25.8 Å². The SMILES string of the molecule is CCC(C)Oc1ccc2c(-c3ccccc3C)c[nH]c(=O)c2c1. The Hall–Kier alpha value is -2.55. The average molecular weight is 307 g/mol. The van der Waals surface area contributed by atoms with Crippen molar-refractivity contribution in [3.63, 3.8) is 0 Å². The van der Waals surface area contributed by atoms with Crippen molar-refractivity contribution < 1.29 is 4.74 Å². The molecule has 0 bridgehead atoms. The summed E-state index contributed by atoms with van der Waals surface area (Å²) >= 11 is 0. The van der Waals surface area contributed by atoms with Crippen molar-refractivity contribution in [3.8, 4) is 16.9 Å². The fraction of sp³-hybridized carbons (Fsp3) is 0.250. The molecule has 0 aliphatic heterocycles. The van der Waals surface area contributed by atoms with Gasteiger partial charge in [-0.05, 0) is 55.0 Å². The van der Waals surface area contributed by atoms with Gasteiger partial charge in [0.2, 0.25) is 0 Å². The third-order valence-electron chi connectivity index (χ3n) is 4.22. The highest BCUT2D eigenvalue weighted by molar-refractivity contribution is 5.97. The largest absolute Gasteiger partial charge is 0.491 e. The van der Waals surface area contributed by atoms with Crippen LogP contribution in [0.2, 0.25) is 0 Å². The number of hydrogen-bond donors (Lipinski definition) is 1. The summed E-state index contributed by atoms with van der Waals surface area (Å²) in [7, 11) is 0. The van der Waals surface area contributed by atoms with Gasteiger partial charge >= 0.3 is 0 Å². The summed E-state index contributed by atoms with van der Waals surface area (Å²) < 4.78 is 5.84. The highest BCUT2D eigenvalue weighted by Gasteiger charge is 2.10. The van der Waals surface area contributed by atoms with Crippen LogP contribution in [-0.4, -0.2) is 11.1 Å². The Labute approximate surface area is 135 Å². The lowest BCUT2D eigenvalue weighted by Gasteiger charge is -2.14. The Morgan fingerprint density at radius 2 is 1.87 bits per heavy atom. The van der Waals surface area contributed by atoms with Crippen LogP contribution in [0.5, 0.6) is 5.75 Å². The molecule has 3 nitrogen and oxygen atoms in total. The number of aromatic amines is 1. The van der Waals surface area contributed by atoms with E-state index in [0.29, 0.717) is 5.39 Å². The number of pyridine rings is 1. The van der Waals surface area contributed by atoms with Crippen LogP contribution in [0.15, 0.2) is 53.5 Å². The van der Waals surface area contributed by atoms with E-state index in [4.69, 9.17) is 4.74 Å². The van der Waals surface area contributed by atoms with E-state index in [2.05, 4.69) is 31.0 Å². The third kappa shape index (κ3) is 3.00. The Kier molecular flexibility index (Phi) is 4.20. The smallest absolute Gasteiger partial charge is 0.255 e. The van der Waals surface area contributed by atoms with E-state index >= 15 is 0 Å². The van der Waals surface area contributed by atoms with Crippen molar-refractivity contribution in [1.29, 1.82) is 0 Å². The highest BCUT2D eigenvalue weighted by atomic mass is 16.5. The van der Waals surface area contributed by atoms with Gasteiger partial charge in [-0.3, -0.25) is 4.79 Å². The van der Waals surface area contributed by atoms with Crippen LogP contribution < -0.4 is 10.3 Å². The molecule has 1 heterocycles. The highest BCUT2D eigenvalue weighted by Crippen LogP contribution is 2.30.